The molecule has 2 aromatic carbocycles. The highest BCUT2D eigenvalue weighted by molar-refractivity contribution is 5.92. The highest BCUT2D eigenvalue weighted by Crippen LogP contribution is 2.32. The molecule has 1 aliphatic rings. The summed E-state index contributed by atoms with van der Waals surface area (Å²) in [6.45, 7) is 8.97. The molecular weight excluding hydrogens is 448 g/mol. The van der Waals surface area contributed by atoms with Crippen molar-refractivity contribution in [3.05, 3.63) is 65.9 Å². The molecule has 3 aromatic rings. The Labute approximate surface area is 214 Å². The van der Waals surface area contributed by atoms with Gasteiger partial charge in [-0.05, 0) is 41.9 Å². The van der Waals surface area contributed by atoms with Crippen molar-refractivity contribution in [2.24, 2.45) is 11.8 Å². The van der Waals surface area contributed by atoms with Crippen LogP contribution < -0.4 is 16.0 Å². The van der Waals surface area contributed by atoms with Gasteiger partial charge in [0.15, 0.2) is 0 Å². The molecule has 6 heteroatoms. The van der Waals surface area contributed by atoms with Crippen LogP contribution in [0.25, 0.3) is 10.9 Å². The number of benzene rings is 2. The lowest BCUT2D eigenvalue weighted by molar-refractivity contribution is -0.125. The molecule has 0 radical (unpaired) electrons. The van der Waals surface area contributed by atoms with E-state index in [1.54, 1.807) is 0 Å². The van der Waals surface area contributed by atoms with Gasteiger partial charge in [0.05, 0.1) is 12.0 Å². The Kier molecular flexibility index (Phi) is 8.02. The Balaban J connectivity index is 1.55. The van der Waals surface area contributed by atoms with Crippen molar-refractivity contribution in [1.29, 1.82) is 0 Å². The minimum atomic E-state index is -0.491. The van der Waals surface area contributed by atoms with Gasteiger partial charge < -0.3 is 20.9 Å². The van der Waals surface area contributed by atoms with E-state index in [4.69, 9.17) is 0 Å². The summed E-state index contributed by atoms with van der Waals surface area (Å²) in [7, 11) is 0. The summed E-state index contributed by atoms with van der Waals surface area (Å²) in [5, 5.41) is 10.3. The van der Waals surface area contributed by atoms with Gasteiger partial charge >= 0.3 is 6.03 Å². The van der Waals surface area contributed by atoms with Crippen LogP contribution in [-0.2, 0) is 10.2 Å². The fourth-order valence-electron chi connectivity index (χ4n) is 5.32. The van der Waals surface area contributed by atoms with Crippen molar-refractivity contribution in [3.8, 4) is 0 Å². The van der Waals surface area contributed by atoms with Gasteiger partial charge in [0, 0.05) is 34.9 Å². The van der Waals surface area contributed by atoms with Crippen molar-refractivity contribution in [2.75, 3.05) is 11.9 Å². The molecule has 2 unspecified atom stereocenters. The van der Waals surface area contributed by atoms with E-state index in [1.165, 1.54) is 32.1 Å². The molecule has 1 saturated carbocycles. The summed E-state index contributed by atoms with van der Waals surface area (Å²) in [5.41, 5.74) is 3.60. The van der Waals surface area contributed by atoms with Gasteiger partial charge in [0.1, 0.15) is 0 Å². The number of aromatic amines is 1. The zero-order valence-corrected chi connectivity index (χ0v) is 22.0. The number of carbonyl (C=O) groups excluding carboxylic acids is 2. The zero-order valence-electron chi connectivity index (χ0n) is 22.0. The fourth-order valence-corrected chi connectivity index (χ4v) is 5.32. The summed E-state index contributed by atoms with van der Waals surface area (Å²) >= 11 is 0. The summed E-state index contributed by atoms with van der Waals surface area (Å²) in [4.78, 5) is 29.9. The SMILES string of the molecule is CC(C(=O)NCC1CCCCC1)C(NC(=O)Nc1ccccc1C(C)(C)C)c1c[nH]c2ccccc12. The van der Waals surface area contributed by atoms with E-state index in [9.17, 15) is 9.59 Å². The predicted octanol–water partition coefficient (Wildman–Crippen LogP) is 6.66. The van der Waals surface area contributed by atoms with Crippen molar-refractivity contribution in [3.63, 3.8) is 0 Å². The van der Waals surface area contributed by atoms with Gasteiger partial charge in [-0.25, -0.2) is 4.79 Å². The van der Waals surface area contributed by atoms with Gasteiger partial charge in [-0.15, -0.1) is 0 Å². The summed E-state index contributed by atoms with van der Waals surface area (Å²) < 4.78 is 0. The topological polar surface area (TPSA) is 86.0 Å². The number of urea groups is 1. The highest BCUT2D eigenvalue weighted by atomic mass is 16.2. The van der Waals surface area contributed by atoms with E-state index in [2.05, 4.69) is 41.7 Å². The van der Waals surface area contributed by atoms with Crippen LogP contribution in [0.1, 0.15) is 77.0 Å². The van der Waals surface area contributed by atoms with Crippen LogP contribution in [0.15, 0.2) is 54.7 Å². The van der Waals surface area contributed by atoms with E-state index in [1.807, 2.05) is 61.7 Å². The number of H-pyrrole nitrogens is 1. The van der Waals surface area contributed by atoms with Crippen LogP contribution in [0.4, 0.5) is 10.5 Å². The molecule has 36 heavy (non-hydrogen) atoms. The van der Waals surface area contributed by atoms with E-state index in [0.717, 1.165) is 27.7 Å². The second-order valence-corrected chi connectivity index (χ2v) is 11.2. The van der Waals surface area contributed by atoms with Crippen LogP contribution in [-0.4, -0.2) is 23.5 Å². The number of hydrogen-bond acceptors (Lipinski definition) is 2. The molecule has 1 aliphatic carbocycles. The highest BCUT2D eigenvalue weighted by Gasteiger charge is 2.30. The Hall–Kier alpha value is -3.28. The van der Waals surface area contributed by atoms with Gasteiger partial charge in [-0.2, -0.15) is 0 Å². The molecule has 2 atom stereocenters. The number of nitrogens with one attached hydrogen (secondary N) is 4. The van der Waals surface area contributed by atoms with Gasteiger partial charge in [0.2, 0.25) is 5.91 Å². The van der Waals surface area contributed by atoms with Crippen molar-refractivity contribution < 1.29 is 9.59 Å². The molecular formula is C30H40N4O2. The average Bonchev–Trinajstić information content (AvgIpc) is 3.29. The van der Waals surface area contributed by atoms with Gasteiger partial charge in [-0.3, -0.25) is 4.79 Å². The van der Waals surface area contributed by atoms with Crippen molar-refractivity contribution >= 4 is 28.5 Å². The number of hydrogen-bond donors (Lipinski definition) is 4. The molecule has 3 amide bonds. The van der Waals surface area contributed by atoms with Crippen LogP contribution in [0.3, 0.4) is 0 Å². The number of para-hydroxylation sites is 2. The molecule has 1 aromatic heterocycles. The third-order valence-corrected chi connectivity index (χ3v) is 7.43. The van der Waals surface area contributed by atoms with Crippen molar-refractivity contribution in [2.45, 2.75) is 71.3 Å². The van der Waals surface area contributed by atoms with Gasteiger partial charge in [-0.1, -0.05) is 83.4 Å². The lowest BCUT2D eigenvalue weighted by atomic mass is 9.86. The van der Waals surface area contributed by atoms with E-state index in [0.29, 0.717) is 12.5 Å². The summed E-state index contributed by atoms with van der Waals surface area (Å²) in [5.74, 6) is 0.0641. The smallest absolute Gasteiger partial charge is 0.319 e. The Morgan fingerprint density at radius 3 is 2.44 bits per heavy atom. The minimum Gasteiger partial charge on any atom is -0.361 e. The first-order chi connectivity index (χ1) is 17.2. The van der Waals surface area contributed by atoms with Crippen LogP contribution in [0.5, 0.6) is 0 Å². The quantitative estimate of drug-likeness (QED) is 0.300. The lowest BCUT2D eigenvalue weighted by Gasteiger charge is -2.27. The predicted molar refractivity (Wildman–Crippen MR) is 147 cm³/mol. The molecule has 192 valence electrons. The van der Waals surface area contributed by atoms with Gasteiger partial charge in [0.25, 0.3) is 0 Å². The number of aromatic nitrogens is 1. The molecule has 0 aliphatic heterocycles. The molecule has 1 fully saturated rings. The number of anilines is 1. The number of amides is 3. The maximum Gasteiger partial charge on any atom is 0.319 e. The van der Waals surface area contributed by atoms with E-state index < -0.39 is 12.0 Å². The average molecular weight is 489 g/mol. The summed E-state index contributed by atoms with van der Waals surface area (Å²) in [6.07, 6.45) is 8.03. The van der Waals surface area contributed by atoms with E-state index in [-0.39, 0.29) is 17.4 Å². The number of fused-ring (bicyclic) bond motifs is 1. The fraction of sp³-hybridized carbons (Fsp3) is 0.467. The Morgan fingerprint density at radius 1 is 1.00 bits per heavy atom. The maximum absolute atomic E-state index is 13.3. The van der Waals surface area contributed by atoms with Crippen molar-refractivity contribution in [1.82, 2.24) is 15.6 Å². The lowest BCUT2D eigenvalue weighted by Crippen LogP contribution is -2.43. The Bertz CT molecular complexity index is 1190. The third-order valence-electron chi connectivity index (χ3n) is 7.43. The molecule has 1 heterocycles. The molecule has 4 rings (SSSR count). The first kappa shape index (κ1) is 25.8. The molecule has 0 spiro atoms. The second kappa shape index (κ2) is 11.2. The van der Waals surface area contributed by atoms with E-state index >= 15 is 0 Å². The number of carbonyl (C=O) groups is 2. The first-order valence-corrected chi connectivity index (χ1v) is 13.2. The molecule has 0 saturated heterocycles. The standard InChI is InChI=1S/C30H40N4O2/c1-20(28(35)32-18-21-12-6-5-7-13-21)27(23-19-31-25-16-10-8-14-22(23)25)34-29(36)33-26-17-11-9-15-24(26)30(2,3)4/h8-11,14-17,19-21,27,31H,5-7,12-13,18H2,1-4H3,(H,32,35)(H2,33,34,36). The first-order valence-electron chi connectivity index (χ1n) is 13.2. The largest absolute Gasteiger partial charge is 0.361 e. The monoisotopic (exact) mass is 488 g/mol. The third kappa shape index (κ3) is 6.10. The second-order valence-electron chi connectivity index (χ2n) is 11.2. The zero-order chi connectivity index (χ0) is 25.7. The normalized spacial score (nSPS) is 16.3. The summed E-state index contributed by atoms with van der Waals surface area (Å²) in [6, 6.07) is 15.0. The Morgan fingerprint density at radius 2 is 1.69 bits per heavy atom. The molecule has 4 N–H and O–H groups in total. The minimum absolute atomic E-state index is 0.0359. The molecule has 6 nitrogen and oxygen atoms in total. The molecule has 0 bridgehead atoms. The maximum atomic E-state index is 13.3. The van der Waals surface area contributed by atoms with Crippen LogP contribution in [0.2, 0.25) is 0 Å². The number of rotatable bonds is 7. The van der Waals surface area contributed by atoms with Crippen LogP contribution >= 0.6 is 0 Å². The van der Waals surface area contributed by atoms with Crippen LogP contribution in [0, 0.1) is 11.8 Å².